The van der Waals surface area contributed by atoms with E-state index >= 15 is 0 Å². The first kappa shape index (κ1) is 14.1. The number of imidazole rings is 1. The van der Waals surface area contributed by atoms with Gasteiger partial charge in [0.25, 0.3) is 5.91 Å². The van der Waals surface area contributed by atoms with Crippen molar-refractivity contribution in [3.63, 3.8) is 0 Å². The molecule has 1 aromatic heterocycles. The van der Waals surface area contributed by atoms with Crippen LogP contribution in [0.5, 0.6) is 0 Å². The predicted molar refractivity (Wildman–Crippen MR) is 79.7 cm³/mol. The number of amides is 1. The quantitative estimate of drug-likeness (QED) is 0.783. The van der Waals surface area contributed by atoms with Gasteiger partial charge >= 0.3 is 0 Å². The third-order valence-corrected chi connectivity index (χ3v) is 2.78. The predicted octanol–water partition coefficient (Wildman–Crippen LogP) is 2.47. The molecule has 5 heteroatoms. The summed E-state index contributed by atoms with van der Waals surface area (Å²) in [6, 6.07) is 7.60. The fourth-order valence-electron chi connectivity index (χ4n) is 1.87. The number of carbonyl (C=O) groups excluding carboxylic acids is 1. The molecule has 3 N–H and O–H groups in total. The highest BCUT2D eigenvalue weighted by atomic mass is 16.1. The number of anilines is 1. The van der Waals surface area contributed by atoms with Gasteiger partial charge in [0.05, 0.1) is 18.4 Å². The minimum absolute atomic E-state index is 0.0546. The molecule has 1 heterocycles. The molecule has 0 bridgehead atoms. The largest absolute Gasteiger partial charge is 0.379 e. The van der Waals surface area contributed by atoms with Crippen LogP contribution < -0.4 is 10.6 Å². The van der Waals surface area contributed by atoms with Crippen LogP contribution in [0.1, 0.15) is 35.7 Å². The molecule has 1 amide bonds. The first-order valence-electron chi connectivity index (χ1n) is 6.70. The second kappa shape index (κ2) is 6.23. The molecule has 0 unspecified atom stereocenters. The zero-order valence-electron chi connectivity index (χ0n) is 12.0. The fraction of sp³-hybridized carbons (Fsp3) is 0.333. The van der Waals surface area contributed by atoms with E-state index in [1.165, 1.54) is 0 Å². The van der Waals surface area contributed by atoms with Crippen molar-refractivity contribution >= 4 is 11.6 Å². The molecule has 0 aliphatic heterocycles. The van der Waals surface area contributed by atoms with Gasteiger partial charge in [-0.05, 0) is 39.0 Å². The molecule has 106 valence electrons. The van der Waals surface area contributed by atoms with Crippen LogP contribution in [-0.4, -0.2) is 21.9 Å². The highest BCUT2D eigenvalue weighted by molar-refractivity contribution is 5.95. The number of aryl methyl sites for hydroxylation is 1. The average molecular weight is 272 g/mol. The van der Waals surface area contributed by atoms with Crippen LogP contribution in [0.15, 0.2) is 30.5 Å². The van der Waals surface area contributed by atoms with E-state index in [2.05, 4.69) is 20.6 Å². The molecular formula is C15H20N4O. The molecule has 1 aromatic carbocycles. The van der Waals surface area contributed by atoms with Crippen molar-refractivity contribution in [3.8, 4) is 0 Å². The van der Waals surface area contributed by atoms with Gasteiger partial charge in [-0.25, -0.2) is 4.98 Å². The van der Waals surface area contributed by atoms with Crippen molar-refractivity contribution < 1.29 is 4.79 Å². The second-order valence-electron chi connectivity index (χ2n) is 5.06. The van der Waals surface area contributed by atoms with Gasteiger partial charge in [-0.2, -0.15) is 0 Å². The Bertz CT molecular complexity index is 589. The number of rotatable bonds is 5. The Labute approximate surface area is 118 Å². The average Bonchev–Trinajstić information content (AvgIpc) is 2.82. The molecule has 0 radical (unpaired) electrons. The number of aromatic amines is 1. The van der Waals surface area contributed by atoms with Crippen LogP contribution in [0.4, 0.5) is 5.69 Å². The molecule has 0 spiro atoms. The van der Waals surface area contributed by atoms with Crippen molar-refractivity contribution in [2.75, 3.05) is 5.32 Å². The molecule has 0 saturated heterocycles. The van der Waals surface area contributed by atoms with Crippen LogP contribution in [0.25, 0.3) is 0 Å². The fourth-order valence-corrected chi connectivity index (χ4v) is 1.87. The third kappa shape index (κ3) is 3.85. The van der Waals surface area contributed by atoms with E-state index < -0.39 is 0 Å². The van der Waals surface area contributed by atoms with E-state index in [0.29, 0.717) is 12.1 Å². The monoisotopic (exact) mass is 272 g/mol. The van der Waals surface area contributed by atoms with Crippen LogP contribution >= 0.6 is 0 Å². The first-order chi connectivity index (χ1) is 9.54. The zero-order valence-corrected chi connectivity index (χ0v) is 12.0. The van der Waals surface area contributed by atoms with Crippen LogP contribution in [0, 0.1) is 6.92 Å². The highest BCUT2D eigenvalue weighted by Gasteiger charge is 2.07. The summed E-state index contributed by atoms with van der Waals surface area (Å²) >= 11 is 0. The number of hydrogen-bond acceptors (Lipinski definition) is 3. The zero-order chi connectivity index (χ0) is 14.5. The molecular weight excluding hydrogens is 252 g/mol. The summed E-state index contributed by atoms with van der Waals surface area (Å²) in [5, 5.41) is 6.15. The molecule has 0 atom stereocenters. The van der Waals surface area contributed by atoms with Crippen molar-refractivity contribution in [1.29, 1.82) is 0 Å². The van der Waals surface area contributed by atoms with Crippen LogP contribution in [-0.2, 0) is 6.54 Å². The van der Waals surface area contributed by atoms with Crippen molar-refractivity contribution in [2.45, 2.75) is 33.4 Å². The summed E-state index contributed by atoms with van der Waals surface area (Å²) in [6.45, 7) is 6.46. The lowest BCUT2D eigenvalue weighted by atomic mass is 10.1. The van der Waals surface area contributed by atoms with E-state index in [4.69, 9.17) is 0 Å². The Morgan fingerprint density at radius 1 is 1.40 bits per heavy atom. The number of benzene rings is 1. The lowest BCUT2D eigenvalue weighted by Gasteiger charge is -2.10. The number of carbonyl (C=O) groups is 1. The summed E-state index contributed by atoms with van der Waals surface area (Å²) in [5.41, 5.74) is 2.58. The maximum atomic E-state index is 11.9. The van der Waals surface area contributed by atoms with E-state index in [0.717, 1.165) is 17.2 Å². The van der Waals surface area contributed by atoms with Crippen molar-refractivity contribution in [1.82, 2.24) is 15.3 Å². The molecule has 5 nitrogen and oxygen atoms in total. The molecule has 0 saturated carbocycles. The molecule has 0 aliphatic carbocycles. The normalized spacial score (nSPS) is 10.6. The second-order valence-corrected chi connectivity index (χ2v) is 5.06. The van der Waals surface area contributed by atoms with Gasteiger partial charge in [0, 0.05) is 17.3 Å². The van der Waals surface area contributed by atoms with E-state index in [9.17, 15) is 4.79 Å². The minimum atomic E-state index is -0.0546. The Morgan fingerprint density at radius 2 is 2.20 bits per heavy atom. The lowest BCUT2D eigenvalue weighted by molar-refractivity contribution is 0.0943. The minimum Gasteiger partial charge on any atom is -0.379 e. The highest BCUT2D eigenvalue weighted by Crippen LogP contribution is 2.12. The molecule has 0 aliphatic rings. The van der Waals surface area contributed by atoms with Gasteiger partial charge in [0.1, 0.15) is 5.82 Å². The van der Waals surface area contributed by atoms with Gasteiger partial charge in [0.15, 0.2) is 0 Å². The number of H-pyrrole nitrogens is 1. The maximum Gasteiger partial charge on any atom is 0.251 e. The summed E-state index contributed by atoms with van der Waals surface area (Å²) < 4.78 is 0. The SMILES string of the molecule is Cc1ncc(CNc2cccc(C(=O)NC(C)C)c2)[nH]1. The summed E-state index contributed by atoms with van der Waals surface area (Å²) in [7, 11) is 0. The number of nitrogens with zero attached hydrogens (tertiary/aromatic N) is 1. The number of nitrogens with one attached hydrogen (secondary N) is 3. The number of aromatic nitrogens is 2. The van der Waals surface area contributed by atoms with Gasteiger partial charge in [-0.1, -0.05) is 6.07 Å². The van der Waals surface area contributed by atoms with Gasteiger partial charge in [0.2, 0.25) is 0 Å². The first-order valence-corrected chi connectivity index (χ1v) is 6.70. The standard InChI is InChI=1S/C15H20N4O/c1-10(2)18-15(20)12-5-4-6-13(7-12)17-9-14-8-16-11(3)19-14/h4-8,10,17H,9H2,1-3H3,(H,16,19)(H,18,20). The van der Waals surface area contributed by atoms with Crippen LogP contribution in [0.2, 0.25) is 0 Å². The summed E-state index contributed by atoms with van der Waals surface area (Å²) in [4.78, 5) is 19.2. The van der Waals surface area contributed by atoms with Crippen molar-refractivity contribution in [2.24, 2.45) is 0 Å². The van der Waals surface area contributed by atoms with E-state index in [-0.39, 0.29) is 11.9 Å². The summed E-state index contributed by atoms with van der Waals surface area (Å²) in [5.74, 6) is 0.841. The summed E-state index contributed by atoms with van der Waals surface area (Å²) in [6.07, 6.45) is 1.80. The third-order valence-electron chi connectivity index (χ3n) is 2.78. The molecule has 0 fully saturated rings. The Kier molecular flexibility index (Phi) is 4.40. The smallest absolute Gasteiger partial charge is 0.251 e. The topological polar surface area (TPSA) is 69.8 Å². The van der Waals surface area contributed by atoms with Crippen molar-refractivity contribution in [3.05, 3.63) is 47.5 Å². The van der Waals surface area contributed by atoms with E-state index in [1.54, 1.807) is 6.20 Å². The van der Waals surface area contributed by atoms with Crippen LogP contribution in [0.3, 0.4) is 0 Å². The van der Waals surface area contributed by atoms with E-state index in [1.807, 2.05) is 45.0 Å². The molecule has 20 heavy (non-hydrogen) atoms. The van der Waals surface area contributed by atoms with Gasteiger partial charge in [-0.15, -0.1) is 0 Å². The Balaban J connectivity index is 2.00. The molecule has 2 rings (SSSR count). The van der Waals surface area contributed by atoms with Gasteiger partial charge in [-0.3, -0.25) is 4.79 Å². The Morgan fingerprint density at radius 3 is 2.85 bits per heavy atom. The number of hydrogen-bond donors (Lipinski definition) is 3. The lowest BCUT2D eigenvalue weighted by Crippen LogP contribution is -2.30. The Hall–Kier alpha value is -2.30. The maximum absolute atomic E-state index is 11.9. The molecule has 2 aromatic rings. The van der Waals surface area contributed by atoms with Gasteiger partial charge < -0.3 is 15.6 Å².